The van der Waals surface area contributed by atoms with Crippen molar-refractivity contribution in [2.75, 3.05) is 0 Å². The van der Waals surface area contributed by atoms with Gasteiger partial charge in [0.1, 0.15) is 5.02 Å². The third-order valence-corrected chi connectivity index (χ3v) is 0.984. The van der Waals surface area contributed by atoms with Crippen LogP contribution in [0.4, 0.5) is 4.39 Å². The molecule has 0 aliphatic heterocycles. The highest BCUT2D eigenvalue weighted by Gasteiger charge is 1.97. The van der Waals surface area contributed by atoms with Crippen LogP contribution < -0.4 is 4.73 Å². The van der Waals surface area contributed by atoms with Crippen molar-refractivity contribution in [1.82, 2.24) is 0 Å². The van der Waals surface area contributed by atoms with E-state index in [-0.39, 0.29) is 5.02 Å². The summed E-state index contributed by atoms with van der Waals surface area (Å²) in [5, 5.41) is 10.4. The van der Waals surface area contributed by atoms with Crippen molar-refractivity contribution >= 4 is 11.6 Å². The van der Waals surface area contributed by atoms with E-state index in [1.807, 2.05) is 0 Å². The minimum atomic E-state index is -0.627. The van der Waals surface area contributed by atoms with Crippen molar-refractivity contribution in [3.8, 4) is 0 Å². The van der Waals surface area contributed by atoms with Crippen molar-refractivity contribution in [3.63, 3.8) is 0 Å². The average molecular weight is 148 g/mol. The molecule has 4 heteroatoms. The van der Waals surface area contributed by atoms with E-state index in [2.05, 4.69) is 0 Å². The Labute approximate surface area is 56.1 Å². The van der Waals surface area contributed by atoms with Gasteiger partial charge in [0.2, 0.25) is 6.20 Å². The highest BCUT2D eigenvalue weighted by atomic mass is 35.5. The minimum absolute atomic E-state index is 0.102. The zero-order chi connectivity index (χ0) is 6.85. The number of halogens is 2. The van der Waals surface area contributed by atoms with Crippen LogP contribution in [0.2, 0.25) is 5.02 Å². The van der Waals surface area contributed by atoms with Crippen LogP contribution in [-0.2, 0) is 0 Å². The lowest BCUT2D eigenvalue weighted by atomic mass is 10.5. The van der Waals surface area contributed by atoms with Crippen LogP contribution in [0.5, 0.6) is 0 Å². The average Bonchev–Trinajstić information content (AvgIpc) is 1.59. The molecule has 0 unspecified atom stereocenters. The van der Waals surface area contributed by atoms with E-state index in [0.29, 0.717) is 4.73 Å². The molecule has 2 nitrogen and oxygen atoms in total. The van der Waals surface area contributed by atoms with Crippen molar-refractivity contribution < 1.29 is 9.12 Å². The Kier molecular flexibility index (Phi) is 1.53. The molecular formula is C5H3ClFNO. The molecule has 1 heterocycles. The van der Waals surface area contributed by atoms with Gasteiger partial charge in [0.05, 0.1) is 0 Å². The zero-order valence-corrected chi connectivity index (χ0v) is 5.10. The van der Waals surface area contributed by atoms with Gasteiger partial charge >= 0.3 is 0 Å². The Bertz CT molecular complexity index is 178. The van der Waals surface area contributed by atoms with Crippen molar-refractivity contribution in [2.45, 2.75) is 0 Å². The molecule has 0 saturated carbocycles. The predicted octanol–water partition coefficient (Wildman–Crippen LogP) is 1.11. The summed E-state index contributed by atoms with van der Waals surface area (Å²) >= 11 is 5.29. The fraction of sp³-hybridized carbons (Fsp3) is 0. The fourth-order valence-corrected chi connectivity index (χ4v) is 0.687. The summed E-state index contributed by atoms with van der Waals surface area (Å²) in [6, 6.07) is 1.07. The molecule has 0 fully saturated rings. The third-order valence-electron chi connectivity index (χ3n) is 0.777. The van der Waals surface area contributed by atoms with Crippen molar-refractivity contribution in [2.24, 2.45) is 0 Å². The molecule has 48 valence electrons. The van der Waals surface area contributed by atoms with E-state index in [1.165, 1.54) is 0 Å². The van der Waals surface area contributed by atoms with Crippen LogP contribution in [0.1, 0.15) is 0 Å². The molecule has 1 aromatic heterocycles. The van der Waals surface area contributed by atoms with Gasteiger partial charge in [-0.2, -0.15) is 4.73 Å². The molecule has 9 heavy (non-hydrogen) atoms. The zero-order valence-electron chi connectivity index (χ0n) is 4.34. The largest absolute Gasteiger partial charge is 0.619 e. The Morgan fingerprint density at radius 1 is 1.56 bits per heavy atom. The number of hydrogen-bond donors (Lipinski definition) is 0. The third kappa shape index (κ3) is 1.54. The second-order valence-electron chi connectivity index (χ2n) is 1.53. The highest BCUT2D eigenvalue weighted by molar-refractivity contribution is 6.30. The smallest absolute Gasteiger partial charge is 0.216 e. The van der Waals surface area contributed by atoms with E-state index in [9.17, 15) is 9.60 Å². The second kappa shape index (κ2) is 2.19. The number of aromatic nitrogens is 1. The monoisotopic (exact) mass is 147 g/mol. The molecule has 0 radical (unpaired) electrons. The normalized spacial score (nSPS) is 9.56. The van der Waals surface area contributed by atoms with Crippen molar-refractivity contribution in [3.05, 3.63) is 34.5 Å². The first-order valence-electron chi connectivity index (χ1n) is 2.23. The van der Waals surface area contributed by atoms with E-state index in [1.54, 1.807) is 0 Å². The molecule has 0 aliphatic carbocycles. The molecule has 1 rings (SSSR count). The number of nitrogens with zero attached hydrogens (tertiary/aromatic N) is 1. The first-order chi connectivity index (χ1) is 4.18. The van der Waals surface area contributed by atoms with Crippen LogP contribution in [0, 0.1) is 11.0 Å². The summed E-state index contributed by atoms with van der Waals surface area (Å²) in [6.07, 6.45) is 1.87. The number of pyridine rings is 1. The maximum Gasteiger partial charge on any atom is 0.216 e. The quantitative estimate of drug-likeness (QED) is 0.399. The van der Waals surface area contributed by atoms with Crippen LogP contribution in [0.15, 0.2) is 18.5 Å². The molecule has 1 aromatic rings. The Morgan fingerprint density at radius 2 is 2.22 bits per heavy atom. The maximum atomic E-state index is 12.1. The van der Waals surface area contributed by atoms with Crippen LogP contribution in [0.25, 0.3) is 0 Å². The van der Waals surface area contributed by atoms with E-state index in [0.717, 1.165) is 18.5 Å². The summed E-state index contributed by atoms with van der Waals surface area (Å²) in [6.45, 7) is 0. The second-order valence-corrected chi connectivity index (χ2v) is 1.97. The molecule has 0 spiro atoms. The minimum Gasteiger partial charge on any atom is -0.619 e. The van der Waals surface area contributed by atoms with Gasteiger partial charge in [-0.25, -0.2) is 4.39 Å². The van der Waals surface area contributed by atoms with Crippen LogP contribution in [0.3, 0.4) is 0 Å². The molecule has 0 aliphatic rings. The maximum absolute atomic E-state index is 12.1. The van der Waals surface area contributed by atoms with E-state index >= 15 is 0 Å². The first kappa shape index (κ1) is 6.29. The van der Waals surface area contributed by atoms with Gasteiger partial charge in [-0.05, 0) is 0 Å². The SMILES string of the molecule is [O-][n+]1cc(F)cc(Cl)c1. The molecule has 0 saturated heterocycles. The van der Waals surface area contributed by atoms with E-state index < -0.39 is 5.82 Å². The lowest BCUT2D eigenvalue weighted by Crippen LogP contribution is -2.24. The molecule has 0 aromatic carbocycles. The summed E-state index contributed by atoms with van der Waals surface area (Å²) in [4.78, 5) is 0. The van der Waals surface area contributed by atoms with Gasteiger partial charge in [0.25, 0.3) is 0 Å². The summed E-state index contributed by atoms with van der Waals surface area (Å²) < 4.78 is 12.4. The van der Waals surface area contributed by atoms with Crippen molar-refractivity contribution in [1.29, 1.82) is 0 Å². The number of rotatable bonds is 0. The van der Waals surface area contributed by atoms with E-state index in [4.69, 9.17) is 11.6 Å². The van der Waals surface area contributed by atoms with Crippen LogP contribution >= 0.6 is 11.6 Å². The molecular weight excluding hydrogens is 145 g/mol. The summed E-state index contributed by atoms with van der Waals surface area (Å²) in [7, 11) is 0. The Hall–Kier alpha value is -0.830. The first-order valence-corrected chi connectivity index (χ1v) is 2.61. The molecule has 0 bridgehead atoms. The van der Waals surface area contributed by atoms with Gasteiger partial charge < -0.3 is 5.21 Å². The fourth-order valence-electron chi connectivity index (χ4n) is 0.487. The highest BCUT2D eigenvalue weighted by Crippen LogP contribution is 2.04. The standard InChI is InChI=1S/C5H3ClFNO/c6-4-1-5(7)3-8(9)2-4/h1-3H. The summed E-state index contributed by atoms with van der Waals surface area (Å²) in [5.41, 5.74) is 0. The molecule has 0 N–H and O–H groups in total. The predicted molar refractivity (Wildman–Crippen MR) is 30.4 cm³/mol. The topological polar surface area (TPSA) is 26.9 Å². The lowest BCUT2D eigenvalue weighted by Gasteiger charge is -1.93. The lowest BCUT2D eigenvalue weighted by molar-refractivity contribution is -0.607. The van der Waals surface area contributed by atoms with Crippen LogP contribution in [-0.4, -0.2) is 0 Å². The Morgan fingerprint density at radius 3 is 2.67 bits per heavy atom. The van der Waals surface area contributed by atoms with Gasteiger partial charge in [0, 0.05) is 6.07 Å². The van der Waals surface area contributed by atoms with Gasteiger partial charge in [-0.1, -0.05) is 11.6 Å². The van der Waals surface area contributed by atoms with Gasteiger partial charge in [-0.3, -0.25) is 0 Å². The van der Waals surface area contributed by atoms with Gasteiger partial charge in [0.15, 0.2) is 12.0 Å². The Balaban J connectivity index is 3.17. The van der Waals surface area contributed by atoms with Gasteiger partial charge in [-0.15, -0.1) is 0 Å². The molecule has 0 atom stereocenters. The summed E-state index contributed by atoms with van der Waals surface area (Å²) in [5.74, 6) is -0.627. The molecule has 0 amide bonds. The number of hydrogen-bond acceptors (Lipinski definition) is 1.